The fourth-order valence-electron chi connectivity index (χ4n) is 5.34. The molecular weight excluding hydrogens is 442 g/mol. The minimum atomic E-state index is -0.0502. The van der Waals surface area contributed by atoms with Crippen molar-refractivity contribution >= 4 is 28.0 Å². The molecule has 1 amide bonds. The zero-order valence-electron chi connectivity index (χ0n) is 20.1. The summed E-state index contributed by atoms with van der Waals surface area (Å²) in [5.41, 5.74) is 3.58. The van der Waals surface area contributed by atoms with Crippen molar-refractivity contribution in [2.24, 2.45) is 5.92 Å². The van der Waals surface area contributed by atoms with Crippen molar-refractivity contribution in [2.75, 3.05) is 39.4 Å². The molecule has 1 aliphatic heterocycles. The van der Waals surface area contributed by atoms with E-state index in [2.05, 4.69) is 53.5 Å². The monoisotopic (exact) mass is 477 g/mol. The molecule has 0 radical (unpaired) electrons. The maximum absolute atomic E-state index is 13.1. The van der Waals surface area contributed by atoms with E-state index in [1.165, 1.54) is 58.9 Å². The van der Waals surface area contributed by atoms with E-state index in [0.717, 1.165) is 45.0 Å². The van der Waals surface area contributed by atoms with Gasteiger partial charge in [-0.2, -0.15) is 0 Å². The van der Waals surface area contributed by atoms with Gasteiger partial charge in [-0.1, -0.05) is 68.5 Å². The number of carbonyl (C=O) groups is 1. The molecule has 1 aromatic heterocycles. The zero-order valence-corrected chi connectivity index (χ0v) is 21.0. The van der Waals surface area contributed by atoms with E-state index >= 15 is 0 Å². The number of amides is 1. The summed E-state index contributed by atoms with van der Waals surface area (Å²) in [6.07, 6.45) is 7.48. The average molecular weight is 478 g/mol. The Morgan fingerprint density at radius 3 is 2.65 bits per heavy atom. The van der Waals surface area contributed by atoms with Crippen LogP contribution in [0.25, 0.3) is 21.2 Å². The number of nitrogens with one attached hydrogen (secondary N) is 1. The fourth-order valence-corrected chi connectivity index (χ4v) is 6.39. The van der Waals surface area contributed by atoms with E-state index < -0.39 is 0 Å². The Labute approximate surface area is 206 Å². The summed E-state index contributed by atoms with van der Waals surface area (Å²) < 4.78 is 5.42. The Hall–Kier alpha value is -2.28. The second-order valence-corrected chi connectivity index (χ2v) is 10.7. The van der Waals surface area contributed by atoms with Gasteiger partial charge < -0.3 is 10.1 Å². The van der Waals surface area contributed by atoms with Crippen LogP contribution in [-0.2, 0) is 11.2 Å². The summed E-state index contributed by atoms with van der Waals surface area (Å²) in [5.74, 6) is 0.620. The molecule has 2 aromatic carbocycles. The largest absolute Gasteiger partial charge is 0.379 e. The van der Waals surface area contributed by atoms with Crippen LogP contribution >= 0.6 is 11.3 Å². The van der Waals surface area contributed by atoms with Gasteiger partial charge in [0.25, 0.3) is 5.91 Å². The van der Waals surface area contributed by atoms with Crippen LogP contribution in [0, 0.1) is 12.8 Å². The van der Waals surface area contributed by atoms with Crippen molar-refractivity contribution < 1.29 is 9.53 Å². The Balaban J connectivity index is 1.41. The second kappa shape index (κ2) is 11.0. The van der Waals surface area contributed by atoms with Crippen molar-refractivity contribution in [1.29, 1.82) is 0 Å². The van der Waals surface area contributed by atoms with Gasteiger partial charge in [0.15, 0.2) is 5.01 Å². The van der Waals surface area contributed by atoms with Crippen LogP contribution in [0.2, 0.25) is 0 Å². The van der Waals surface area contributed by atoms with Crippen LogP contribution in [-0.4, -0.2) is 55.2 Å². The third kappa shape index (κ3) is 5.35. The summed E-state index contributed by atoms with van der Waals surface area (Å²) in [6, 6.07) is 13.0. The number of morpholine rings is 1. The van der Waals surface area contributed by atoms with Crippen molar-refractivity contribution in [3.05, 3.63) is 52.7 Å². The van der Waals surface area contributed by atoms with Crippen LogP contribution in [0.4, 0.5) is 0 Å². The molecule has 1 aliphatic carbocycles. The molecule has 0 unspecified atom stereocenters. The van der Waals surface area contributed by atoms with Crippen LogP contribution in [0.3, 0.4) is 0 Å². The Kier molecular flexibility index (Phi) is 7.57. The molecule has 2 fully saturated rings. The van der Waals surface area contributed by atoms with Gasteiger partial charge in [0.05, 0.1) is 23.8 Å². The van der Waals surface area contributed by atoms with Gasteiger partial charge in [-0.25, -0.2) is 4.98 Å². The van der Waals surface area contributed by atoms with E-state index in [9.17, 15) is 4.79 Å². The predicted octanol–water partition coefficient (Wildman–Crippen LogP) is 5.46. The molecule has 0 bridgehead atoms. The van der Waals surface area contributed by atoms with E-state index in [1.54, 1.807) is 11.3 Å². The summed E-state index contributed by atoms with van der Waals surface area (Å²) in [7, 11) is 0. The molecule has 6 heteroatoms. The summed E-state index contributed by atoms with van der Waals surface area (Å²) in [5, 5.41) is 6.22. The van der Waals surface area contributed by atoms with Crippen LogP contribution < -0.4 is 5.32 Å². The van der Waals surface area contributed by atoms with Crippen molar-refractivity contribution in [1.82, 2.24) is 15.2 Å². The molecule has 5 rings (SSSR count). The number of thiazole rings is 1. The molecule has 3 aromatic rings. The minimum absolute atomic E-state index is 0.0502. The van der Waals surface area contributed by atoms with Crippen molar-refractivity contribution in [3.8, 4) is 10.4 Å². The highest BCUT2D eigenvalue weighted by molar-refractivity contribution is 7.17. The van der Waals surface area contributed by atoms with Gasteiger partial charge in [-0.3, -0.25) is 9.69 Å². The molecule has 2 aliphatic rings. The molecule has 0 spiro atoms. The lowest BCUT2D eigenvalue weighted by molar-refractivity contribution is 0.0383. The Morgan fingerprint density at radius 2 is 1.85 bits per heavy atom. The second-order valence-electron chi connectivity index (χ2n) is 9.69. The highest BCUT2D eigenvalue weighted by atomic mass is 32.1. The summed E-state index contributed by atoms with van der Waals surface area (Å²) >= 11 is 1.56. The van der Waals surface area contributed by atoms with E-state index in [1.807, 2.05) is 0 Å². The highest BCUT2D eigenvalue weighted by Gasteiger charge is 2.23. The summed E-state index contributed by atoms with van der Waals surface area (Å²) in [6.45, 7) is 7.07. The number of hydrogen-bond acceptors (Lipinski definition) is 5. The lowest BCUT2D eigenvalue weighted by atomic mass is 9.85. The third-order valence-electron chi connectivity index (χ3n) is 7.30. The van der Waals surface area contributed by atoms with Crippen LogP contribution in [0.15, 0.2) is 36.4 Å². The average Bonchev–Trinajstić information content (AvgIpc) is 3.29. The number of hydrogen-bond donors (Lipinski definition) is 1. The molecule has 1 saturated carbocycles. The molecule has 5 nitrogen and oxygen atoms in total. The van der Waals surface area contributed by atoms with Gasteiger partial charge in [0.2, 0.25) is 0 Å². The predicted molar refractivity (Wildman–Crippen MR) is 140 cm³/mol. The standard InChI is InChI=1S/C28H35N3O2S/c1-20-11-12-24(23-10-6-5-9-22(20)23)26-25(19-21-7-3-2-4-8-21)30-28(34-26)27(32)29-13-14-31-15-17-33-18-16-31/h5-6,9-12,21H,2-4,7-8,13-19H2,1H3,(H,29,32). The normalized spacial score (nSPS) is 17.8. The molecule has 1 saturated heterocycles. The molecular formula is C28H35N3O2S. The van der Waals surface area contributed by atoms with Gasteiger partial charge in [-0.05, 0) is 35.6 Å². The number of nitrogens with zero attached hydrogens (tertiary/aromatic N) is 2. The smallest absolute Gasteiger partial charge is 0.280 e. The molecule has 0 atom stereocenters. The van der Waals surface area contributed by atoms with Gasteiger partial charge in [0, 0.05) is 31.7 Å². The number of fused-ring (bicyclic) bond motifs is 1. The Morgan fingerprint density at radius 1 is 1.09 bits per heavy atom. The van der Waals surface area contributed by atoms with Gasteiger partial charge >= 0.3 is 0 Å². The number of aryl methyl sites for hydroxylation is 1. The fraction of sp³-hybridized carbons (Fsp3) is 0.500. The van der Waals surface area contributed by atoms with Gasteiger partial charge in [0.1, 0.15) is 0 Å². The first-order valence-electron chi connectivity index (χ1n) is 12.8. The molecule has 1 N–H and O–H groups in total. The van der Waals surface area contributed by atoms with E-state index in [4.69, 9.17) is 9.72 Å². The molecule has 34 heavy (non-hydrogen) atoms. The highest BCUT2D eigenvalue weighted by Crippen LogP contribution is 2.39. The Bertz CT molecular complexity index is 1130. The first kappa shape index (κ1) is 23.5. The first-order chi connectivity index (χ1) is 16.7. The lowest BCUT2D eigenvalue weighted by Crippen LogP contribution is -2.41. The van der Waals surface area contributed by atoms with Crippen molar-refractivity contribution in [2.45, 2.75) is 45.4 Å². The van der Waals surface area contributed by atoms with E-state index in [-0.39, 0.29) is 5.91 Å². The third-order valence-corrected chi connectivity index (χ3v) is 8.43. The number of benzene rings is 2. The SMILES string of the molecule is Cc1ccc(-c2sc(C(=O)NCCN3CCOCC3)nc2CC2CCCCC2)c2ccccc12. The quantitative estimate of drug-likeness (QED) is 0.491. The minimum Gasteiger partial charge on any atom is -0.379 e. The summed E-state index contributed by atoms with van der Waals surface area (Å²) in [4.78, 5) is 21.5. The number of aromatic nitrogens is 1. The van der Waals surface area contributed by atoms with Gasteiger partial charge in [-0.15, -0.1) is 11.3 Å². The van der Waals surface area contributed by atoms with E-state index in [0.29, 0.717) is 17.5 Å². The van der Waals surface area contributed by atoms with Crippen molar-refractivity contribution in [3.63, 3.8) is 0 Å². The number of ether oxygens (including phenoxy) is 1. The molecule has 2 heterocycles. The zero-order chi connectivity index (χ0) is 23.3. The topological polar surface area (TPSA) is 54.5 Å². The molecule has 180 valence electrons. The maximum atomic E-state index is 13.1. The van der Waals surface area contributed by atoms with Crippen LogP contribution in [0.1, 0.15) is 53.2 Å². The number of rotatable bonds is 7. The number of carbonyl (C=O) groups excluding carboxylic acids is 1. The maximum Gasteiger partial charge on any atom is 0.280 e. The lowest BCUT2D eigenvalue weighted by Gasteiger charge is -2.26. The first-order valence-corrected chi connectivity index (χ1v) is 13.6. The van der Waals surface area contributed by atoms with Crippen LogP contribution in [0.5, 0.6) is 0 Å².